The van der Waals surface area contributed by atoms with Gasteiger partial charge >= 0.3 is 5.00 Å². The van der Waals surface area contributed by atoms with E-state index in [-0.39, 0.29) is 27.8 Å². The van der Waals surface area contributed by atoms with E-state index in [1.54, 1.807) is 6.92 Å². The summed E-state index contributed by atoms with van der Waals surface area (Å²) < 4.78 is 5.23. The van der Waals surface area contributed by atoms with Crippen LogP contribution in [0.3, 0.4) is 0 Å². The second-order valence-electron chi connectivity index (χ2n) is 4.38. The zero-order valence-electron chi connectivity index (χ0n) is 11.2. The Bertz CT molecular complexity index is 739. The Kier molecular flexibility index (Phi) is 3.78. The predicted molar refractivity (Wildman–Crippen MR) is 75.0 cm³/mol. The molecule has 7 nitrogen and oxygen atoms in total. The van der Waals surface area contributed by atoms with Crippen molar-refractivity contribution in [2.45, 2.75) is 19.8 Å². The van der Waals surface area contributed by atoms with Gasteiger partial charge in [0.2, 0.25) is 5.88 Å². The molecule has 0 spiro atoms. The van der Waals surface area contributed by atoms with Gasteiger partial charge in [-0.1, -0.05) is 11.3 Å². The van der Waals surface area contributed by atoms with E-state index in [4.69, 9.17) is 10.5 Å². The highest BCUT2D eigenvalue weighted by molar-refractivity contribution is 7.15. The van der Waals surface area contributed by atoms with Gasteiger partial charge in [0, 0.05) is 16.5 Å². The number of nitrogens with two attached hydrogens (primary N) is 1. The quantitative estimate of drug-likeness (QED) is 0.676. The number of hydrogen-bond acceptors (Lipinski definition) is 7. The van der Waals surface area contributed by atoms with Gasteiger partial charge in [0.25, 0.3) is 0 Å². The first kappa shape index (κ1) is 14.7. The highest BCUT2D eigenvalue weighted by atomic mass is 32.1. The van der Waals surface area contributed by atoms with Gasteiger partial charge < -0.3 is 10.5 Å². The zero-order valence-corrected chi connectivity index (χ0v) is 12.1. The van der Waals surface area contributed by atoms with Crippen LogP contribution in [0.5, 0.6) is 0 Å². The van der Waals surface area contributed by atoms with E-state index >= 15 is 0 Å². The molecule has 0 saturated heterocycles. The summed E-state index contributed by atoms with van der Waals surface area (Å²) in [7, 11) is 0. The number of thiophene rings is 1. The minimum Gasteiger partial charge on any atom is -0.445 e. The summed E-state index contributed by atoms with van der Waals surface area (Å²) in [6, 6.07) is 4.79. The highest BCUT2D eigenvalue weighted by Crippen LogP contribution is 2.43. The summed E-state index contributed by atoms with van der Waals surface area (Å²) >= 11 is 0.910. The SMILES string of the molecule is CC(=O)C1=C(C)OC(N)=C(C#N)C1c1ccc([N+](=O)[O-])s1. The number of rotatable bonds is 3. The molecule has 1 aromatic heterocycles. The van der Waals surface area contributed by atoms with Crippen LogP contribution in [0.4, 0.5) is 5.00 Å². The second kappa shape index (κ2) is 5.38. The van der Waals surface area contributed by atoms with Crippen LogP contribution < -0.4 is 5.73 Å². The Hall–Kier alpha value is -2.66. The number of nitrogens with zero attached hydrogens (tertiary/aromatic N) is 2. The fraction of sp³-hybridized carbons (Fsp3) is 0.231. The van der Waals surface area contributed by atoms with Crippen LogP contribution >= 0.6 is 11.3 Å². The lowest BCUT2D eigenvalue weighted by Gasteiger charge is -2.25. The standard InChI is InChI=1S/C13H11N3O4S/c1-6(17)11-7(2)20-13(15)8(5-14)12(11)9-3-4-10(21-9)16(18)19/h3-4,12H,15H2,1-2H3. The Morgan fingerprint density at radius 1 is 1.57 bits per heavy atom. The van der Waals surface area contributed by atoms with Crippen LogP contribution in [0.2, 0.25) is 0 Å². The van der Waals surface area contributed by atoms with Gasteiger partial charge in [0.05, 0.1) is 10.8 Å². The molecule has 2 N–H and O–H groups in total. The first-order valence-corrected chi connectivity index (χ1v) is 6.71. The van der Waals surface area contributed by atoms with Crippen molar-refractivity contribution < 1.29 is 14.5 Å². The first-order chi connectivity index (χ1) is 9.86. The van der Waals surface area contributed by atoms with Gasteiger partial charge in [-0.2, -0.15) is 5.26 Å². The minimum atomic E-state index is -0.722. The Labute approximate surface area is 124 Å². The predicted octanol–water partition coefficient (Wildman–Crippen LogP) is 2.33. The summed E-state index contributed by atoms with van der Waals surface area (Å²) in [5.74, 6) is -0.769. The molecule has 8 heteroatoms. The van der Waals surface area contributed by atoms with Crippen molar-refractivity contribution in [2.75, 3.05) is 0 Å². The fourth-order valence-corrected chi connectivity index (χ4v) is 3.16. The number of ketones is 1. The van der Waals surface area contributed by atoms with Crippen molar-refractivity contribution in [3.05, 3.63) is 49.9 Å². The Morgan fingerprint density at radius 2 is 2.24 bits per heavy atom. The molecule has 0 aliphatic carbocycles. The van der Waals surface area contributed by atoms with Crippen molar-refractivity contribution >= 4 is 22.1 Å². The molecule has 21 heavy (non-hydrogen) atoms. The van der Waals surface area contributed by atoms with Gasteiger partial charge in [-0.3, -0.25) is 14.9 Å². The van der Waals surface area contributed by atoms with Crippen molar-refractivity contribution in [1.82, 2.24) is 0 Å². The van der Waals surface area contributed by atoms with Gasteiger partial charge in [-0.15, -0.1) is 0 Å². The molecule has 108 valence electrons. The van der Waals surface area contributed by atoms with E-state index in [0.717, 1.165) is 11.3 Å². The molecule has 2 rings (SSSR count). The molecule has 1 aliphatic heterocycles. The van der Waals surface area contributed by atoms with E-state index in [1.165, 1.54) is 19.1 Å². The Morgan fingerprint density at radius 3 is 2.71 bits per heavy atom. The third-order valence-corrected chi connectivity index (χ3v) is 4.16. The molecular weight excluding hydrogens is 294 g/mol. The van der Waals surface area contributed by atoms with Crippen molar-refractivity contribution in [3.63, 3.8) is 0 Å². The third-order valence-electron chi connectivity index (χ3n) is 3.06. The maximum atomic E-state index is 11.9. The zero-order chi connectivity index (χ0) is 15.7. The van der Waals surface area contributed by atoms with Crippen LogP contribution in [0.15, 0.2) is 34.9 Å². The highest BCUT2D eigenvalue weighted by Gasteiger charge is 2.35. The van der Waals surface area contributed by atoms with Crippen LogP contribution in [-0.2, 0) is 9.53 Å². The first-order valence-electron chi connectivity index (χ1n) is 5.90. The second-order valence-corrected chi connectivity index (χ2v) is 5.48. The fourth-order valence-electron chi connectivity index (χ4n) is 2.22. The number of carbonyl (C=O) groups excluding carboxylic acids is 1. The van der Waals surface area contributed by atoms with Crippen LogP contribution in [0.1, 0.15) is 24.6 Å². The molecule has 1 aromatic rings. The summed E-state index contributed by atoms with van der Waals surface area (Å²) in [5.41, 5.74) is 6.07. The average Bonchev–Trinajstić information content (AvgIpc) is 2.86. The molecule has 2 heterocycles. The molecule has 0 aromatic carbocycles. The van der Waals surface area contributed by atoms with Gasteiger partial charge in [0.1, 0.15) is 17.4 Å². The molecule has 1 unspecified atom stereocenters. The van der Waals surface area contributed by atoms with E-state index in [1.807, 2.05) is 6.07 Å². The van der Waals surface area contributed by atoms with E-state index < -0.39 is 10.8 Å². The lowest BCUT2D eigenvalue weighted by Crippen LogP contribution is -2.22. The maximum Gasteiger partial charge on any atom is 0.324 e. The number of nitriles is 1. The largest absolute Gasteiger partial charge is 0.445 e. The minimum absolute atomic E-state index is 0.0621. The summed E-state index contributed by atoms with van der Waals surface area (Å²) in [6.45, 7) is 2.93. The molecular formula is C13H11N3O4S. The summed E-state index contributed by atoms with van der Waals surface area (Å²) in [4.78, 5) is 22.7. The van der Waals surface area contributed by atoms with E-state index in [9.17, 15) is 20.2 Å². The van der Waals surface area contributed by atoms with Gasteiger partial charge in [0.15, 0.2) is 5.78 Å². The lowest BCUT2D eigenvalue weighted by molar-refractivity contribution is -0.380. The number of hydrogen-bond donors (Lipinski definition) is 1. The Balaban J connectivity index is 2.62. The number of carbonyl (C=O) groups is 1. The average molecular weight is 305 g/mol. The normalized spacial score (nSPS) is 18.2. The number of nitro groups is 1. The molecule has 0 saturated carbocycles. The molecule has 0 radical (unpaired) electrons. The molecule has 0 amide bonds. The molecule has 1 atom stereocenters. The summed E-state index contributed by atoms with van der Waals surface area (Å²) in [5, 5.41) is 20.0. The number of Topliss-reactive ketones (excluding diaryl/α,β-unsaturated/α-hetero) is 1. The smallest absolute Gasteiger partial charge is 0.324 e. The number of ether oxygens (including phenoxy) is 1. The van der Waals surface area contributed by atoms with E-state index in [2.05, 4.69) is 0 Å². The summed E-state index contributed by atoms with van der Waals surface area (Å²) in [6.07, 6.45) is 0. The van der Waals surface area contributed by atoms with E-state index in [0.29, 0.717) is 10.6 Å². The van der Waals surface area contributed by atoms with Crippen molar-refractivity contribution in [1.29, 1.82) is 5.26 Å². The molecule has 0 bridgehead atoms. The van der Waals surface area contributed by atoms with Crippen LogP contribution in [0, 0.1) is 21.4 Å². The van der Waals surface area contributed by atoms with Crippen LogP contribution in [-0.4, -0.2) is 10.7 Å². The monoisotopic (exact) mass is 305 g/mol. The maximum absolute atomic E-state index is 11.9. The van der Waals surface area contributed by atoms with Crippen molar-refractivity contribution in [3.8, 4) is 6.07 Å². The van der Waals surface area contributed by atoms with Gasteiger partial charge in [-0.25, -0.2) is 0 Å². The van der Waals surface area contributed by atoms with Gasteiger partial charge in [-0.05, 0) is 19.9 Å². The molecule has 0 fully saturated rings. The van der Waals surface area contributed by atoms with Crippen LogP contribution in [0.25, 0.3) is 0 Å². The lowest BCUT2D eigenvalue weighted by atomic mass is 9.86. The van der Waals surface area contributed by atoms with Crippen molar-refractivity contribution in [2.24, 2.45) is 5.73 Å². The third kappa shape index (κ3) is 2.51. The molecule has 1 aliphatic rings. The number of allylic oxidation sites excluding steroid dienone is 3. The topological polar surface area (TPSA) is 119 Å².